The summed E-state index contributed by atoms with van der Waals surface area (Å²) in [4.78, 5) is 35.1. The molecule has 132 valence electrons. The number of carbonyl (C=O) groups is 2. The average Bonchev–Trinajstić information content (AvgIpc) is 2.57. The van der Waals surface area contributed by atoms with Crippen molar-refractivity contribution in [1.29, 1.82) is 0 Å². The standard InChI is InChI=1S/C20H16O6/c1-11-18(26-13(3)22)8-7-16-19(23)17(10-24-20(11)16)14-5-4-6-15(9-14)25-12(2)21/h4-10H,1-3H3. The van der Waals surface area contributed by atoms with E-state index in [0.29, 0.717) is 39.2 Å². The summed E-state index contributed by atoms with van der Waals surface area (Å²) >= 11 is 0. The number of aryl methyl sites for hydroxylation is 1. The van der Waals surface area contributed by atoms with Gasteiger partial charge < -0.3 is 13.9 Å². The van der Waals surface area contributed by atoms with Crippen molar-refractivity contribution in [3.8, 4) is 22.6 Å². The number of hydrogen-bond donors (Lipinski definition) is 0. The number of carbonyl (C=O) groups excluding carboxylic acids is 2. The minimum Gasteiger partial charge on any atom is -0.463 e. The van der Waals surface area contributed by atoms with E-state index in [2.05, 4.69) is 0 Å². The topological polar surface area (TPSA) is 82.8 Å². The van der Waals surface area contributed by atoms with Crippen molar-refractivity contribution in [3.63, 3.8) is 0 Å². The van der Waals surface area contributed by atoms with Crippen LogP contribution in [0.3, 0.4) is 0 Å². The van der Waals surface area contributed by atoms with Crippen LogP contribution >= 0.6 is 0 Å². The van der Waals surface area contributed by atoms with Gasteiger partial charge in [0.15, 0.2) is 0 Å². The molecule has 0 saturated heterocycles. The van der Waals surface area contributed by atoms with E-state index in [4.69, 9.17) is 13.9 Å². The van der Waals surface area contributed by atoms with Gasteiger partial charge in [0, 0.05) is 19.4 Å². The molecule has 6 heteroatoms. The highest BCUT2D eigenvalue weighted by Gasteiger charge is 2.15. The van der Waals surface area contributed by atoms with Crippen LogP contribution in [0.4, 0.5) is 0 Å². The van der Waals surface area contributed by atoms with Crippen LogP contribution in [0.1, 0.15) is 19.4 Å². The summed E-state index contributed by atoms with van der Waals surface area (Å²) in [6.07, 6.45) is 1.35. The van der Waals surface area contributed by atoms with Crippen LogP contribution in [0.5, 0.6) is 11.5 Å². The van der Waals surface area contributed by atoms with Gasteiger partial charge in [-0.1, -0.05) is 12.1 Å². The number of benzene rings is 2. The molecule has 6 nitrogen and oxygen atoms in total. The summed E-state index contributed by atoms with van der Waals surface area (Å²) in [6.45, 7) is 4.32. The molecule has 0 amide bonds. The van der Waals surface area contributed by atoms with E-state index >= 15 is 0 Å². The Morgan fingerprint density at radius 3 is 2.42 bits per heavy atom. The fourth-order valence-corrected chi connectivity index (χ4v) is 2.68. The summed E-state index contributed by atoms with van der Waals surface area (Å²) in [7, 11) is 0. The van der Waals surface area contributed by atoms with Crippen molar-refractivity contribution in [2.75, 3.05) is 0 Å². The van der Waals surface area contributed by atoms with Crippen molar-refractivity contribution < 1.29 is 23.5 Å². The first-order chi connectivity index (χ1) is 12.4. The van der Waals surface area contributed by atoms with Gasteiger partial charge in [0.2, 0.25) is 5.43 Å². The molecule has 0 fully saturated rings. The second-order valence-corrected chi connectivity index (χ2v) is 5.76. The zero-order valence-electron chi connectivity index (χ0n) is 14.5. The van der Waals surface area contributed by atoms with E-state index in [1.165, 1.54) is 20.1 Å². The lowest BCUT2D eigenvalue weighted by atomic mass is 10.0. The lowest BCUT2D eigenvalue weighted by Crippen LogP contribution is -2.08. The lowest BCUT2D eigenvalue weighted by Gasteiger charge is -2.09. The van der Waals surface area contributed by atoms with Crippen LogP contribution in [0, 0.1) is 6.92 Å². The van der Waals surface area contributed by atoms with Crippen LogP contribution in [0.15, 0.2) is 51.9 Å². The second kappa shape index (κ2) is 6.84. The first kappa shape index (κ1) is 17.4. The molecule has 1 heterocycles. The highest BCUT2D eigenvalue weighted by atomic mass is 16.5. The molecule has 0 saturated carbocycles. The Morgan fingerprint density at radius 2 is 1.73 bits per heavy atom. The molecular formula is C20H16O6. The van der Waals surface area contributed by atoms with Crippen molar-refractivity contribution in [2.45, 2.75) is 20.8 Å². The summed E-state index contributed by atoms with van der Waals surface area (Å²) in [6, 6.07) is 9.76. The Bertz CT molecular complexity index is 1080. The Hall–Kier alpha value is -3.41. The second-order valence-electron chi connectivity index (χ2n) is 5.76. The lowest BCUT2D eigenvalue weighted by molar-refractivity contribution is -0.132. The number of hydrogen-bond acceptors (Lipinski definition) is 6. The Kier molecular flexibility index (Phi) is 4.58. The quantitative estimate of drug-likeness (QED) is 0.529. The normalized spacial score (nSPS) is 10.6. The van der Waals surface area contributed by atoms with Gasteiger partial charge in [-0.25, -0.2) is 0 Å². The Morgan fingerprint density at radius 1 is 1.00 bits per heavy atom. The highest BCUT2D eigenvalue weighted by molar-refractivity contribution is 5.86. The van der Waals surface area contributed by atoms with E-state index in [1.807, 2.05) is 0 Å². The third-order valence-corrected chi connectivity index (χ3v) is 3.80. The zero-order chi connectivity index (χ0) is 18.8. The summed E-state index contributed by atoms with van der Waals surface area (Å²) in [5, 5.41) is 0.369. The van der Waals surface area contributed by atoms with Crippen LogP contribution in [0.2, 0.25) is 0 Å². The molecule has 0 aliphatic heterocycles. The maximum Gasteiger partial charge on any atom is 0.308 e. The van der Waals surface area contributed by atoms with Crippen molar-refractivity contribution in [3.05, 3.63) is 58.4 Å². The van der Waals surface area contributed by atoms with Gasteiger partial charge in [-0.3, -0.25) is 14.4 Å². The molecule has 1 aromatic heterocycles. The maximum absolute atomic E-state index is 12.9. The highest BCUT2D eigenvalue weighted by Crippen LogP contribution is 2.29. The van der Waals surface area contributed by atoms with Gasteiger partial charge in [0.05, 0.1) is 10.9 Å². The summed E-state index contributed by atoms with van der Waals surface area (Å²) in [5.41, 5.74) is 1.60. The van der Waals surface area contributed by atoms with Crippen molar-refractivity contribution >= 4 is 22.9 Å². The number of fused-ring (bicyclic) bond motifs is 1. The fourth-order valence-electron chi connectivity index (χ4n) is 2.68. The van der Waals surface area contributed by atoms with Crippen molar-refractivity contribution in [1.82, 2.24) is 0 Å². The zero-order valence-corrected chi connectivity index (χ0v) is 14.5. The number of rotatable bonds is 3. The van der Waals surface area contributed by atoms with E-state index in [-0.39, 0.29) is 5.43 Å². The molecule has 0 bridgehead atoms. The van der Waals surface area contributed by atoms with Gasteiger partial charge in [-0.15, -0.1) is 0 Å². The maximum atomic E-state index is 12.9. The van der Waals surface area contributed by atoms with Gasteiger partial charge in [0.25, 0.3) is 0 Å². The summed E-state index contributed by atoms with van der Waals surface area (Å²) in [5.74, 6) is -0.205. The molecule has 3 rings (SSSR count). The summed E-state index contributed by atoms with van der Waals surface area (Å²) < 4.78 is 15.8. The van der Waals surface area contributed by atoms with Gasteiger partial charge >= 0.3 is 11.9 Å². The molecule has 2 aromatic carbocycles. The van der Waals surface area contributed by atoms with E-state index in [9.17, 15) is 14.4 Å². The average molecular weight is 352 g/mol. The van der Waals surface area contributed by atoms with E-state index in [1.54, 1.807) is 43.3 Å². The minimum atomic E-state index is -0.450. The molecule has 3 aromatic rings. The van der Waals surface area contributed by atoms with Crippen LogP contribution in [0.25, 0.3) is 22.1 Å². The first-order valence-electron chi connectivity index (χ1n) is 7.89. The molecular weight excluding hydrogens is 336 g/mol. The van der Waals surface area contributed by atoms with E-state index < -0.39 is 11.9 Å². The predicted molar refractivity (Wildman–Crippen MR) is 95.3 cm³/mol. The largest absolute Gasteiger partial charge is 0.463 e. The monoisotopic (exact) mass is 352 g/mol. The number of esters is 2. The van der Waals surface area contributed by atoms with Gasteiger partial charge in [-0.2, -0.15) is 0 Å². The minimum absolute atomic E-state index is 0.233. The smallest absolute Gasteiger partial charge is 0.308 e. The molecule has 0 atom stereocenters. The molecule has 0 aliphatic carbocycles. The number of ether oxygens (including phenoxy) is 2. The van der Waals surface area contributed by atoms with Crippen LogP contribution < -0.4 is 14.9 Å². The third-order valence-electron chi connectivity index (χ3n) is 3.80. The fraction of sp³-hybridized carbons (Fsp3) is 0.150. The SMILES string of the molecule is CC(=O)Oc1cccc(-c2coc3c(C)c(OC(C)=O)ccc3c2=O)c1. The molecule has 0 spiro atoms. The molecule has 0 N–H and O–H groups in total. The first-order valence-corrected chi connectivity index (χ1v) is 7.89. The van der Waals surface area contributed by atoms with Gasteiger partial charge in [0.1, 0.15) is 23.3 Å². The Balaban J connectivity index is 2.12. The third kappa shape index (κ3) is 3.35. The van der Waals surface area contributed by atoms with Crippen LogP contribution in [-0.4, -0.2) is 11.9 Å². The van der Waals surface area contributed by atoms with Crippen LogP contribution in [-0.2, 0) is 9.59 Å². The van der Waals surface area contributed by atoms with Gasteiger partial charge in [-0.05, 0) is 36.8 Å². The molecule has 0 radical (unpaired) electrons. The predicted octanol–water partition coefficient (Wildman–Crippen LogP) is 3.62. The Labute approximate surface area is 149 Å². The molecule has 0 aliphatic rings. The molecule has 0 unspecified atom stereocenters. The van der Waals surface area contributed by atoms with E-state index in [0.717, 1.165) is 0 Å². The van der Waals surface area contributed by atoms with Crippen molar-refractivity contribution in [2.24, 2.45) is 0 Å². The molecule has 26 heavy (non-hydrogen) atoms.